The first kappa shape index (κ1) is 17.8. The molecule has 2 aliphatic rings. The fraction of sp³-hybridized carbons (Fsp3) is 0.250. The Morgan fingerprint density at radius 1 is 1.10 bits per heavy atom. The number of halogens is 1. The number of carbonyl (C=O) groups is 2. The van der Waals surface area contributed by atoms with E-state index in [0.717, 1.165) is 12.1 Å². The van der Waals surface area contributed by atoms with Gasteiger partial charge in [-0.2, -0.15) is 0 Å². The van der Waals surface area contributed by atoms with Gasteiger partial charge in [0.15, 0.2) is 5.58 Å². The number of rotatable bonds is 2. The van der Waals surface area contributed by atoms with Crippen LogP contribution in [-0.4, -0.2) is 46.9 Å². The summed E-state index contributed by atoms with van der Waals surface area (Å²) in [5, 5.41) is 3.28. The van der Waals surface area contributed by atoms with Gasteiger partial charge in [-0.1, -0.05) is 11.6 Å². The number of nitrogens with one attached hydrogen (secondary N) is 2. The van der Waals surface area contributed by atoms with E-state index in [2.05, 4.69) is 15.2 Å². The van der Waals surface area contributed by atoms with Gasteiger partial charge >= 0.3 is 17.6 Å². The summed E-state index contributed by atoms with van der Waals surface area (Å²) in [7, 11) is 0. The molecule has 0 saturated carbocycles. The Bertz CT molecular complexity index is 1170. The molecular formula is C20H17ClN4O4. The van der Waals surface area contributed by atoms with Gasteiger partial charge in [-0.3, -0.25) is 14.6 Å². The zero-order valence-corrected chi connectivity index (χ0v) is 16.0. The standard InChI is InChI=1S/C20H17ClN4O4/c21-11-1-4-13(5-2-11)24-9-15-8-14(24)10-25(15)19(27)18(26)22-12-3-6-16-17(7-12)29-20(28)23-16/h1-7,14-15H,8-10H2,(H,22,26)(H,23,28)/t14-,15-/m0/s1. The fourth-order valence-corrected chi connectivity index (χ4v) is 4.33. The van der Waals surface area contributed by atoms with Crippen LogP contribution in [0.3, 0.4) is 0 Å². The highest BCUT2D eigenvalue weighted by atomic mass is 35.5. The Hall–Kier alpha value is -3.26. The molecule has 2 amide bonds. The molecule has 2 atom stereocenters. The van der Waals surface area contributed by atoms with Crippen LogP contribution in [0.4, 0.5) is 11.4 Å². The molecule has 3 aromatic rings. The van der Waals surface area contributed by atoms with Crippen molar-refractivity contribution in [2.75, 3.05) is 23.3 Å². The lowest BCUT2D eigenvalue weighted by Gasteiger charge is -2.35. The van der Waals surface area contributed by atoms with E-state index >= 15 is 0 Å². The lowest BCUT2D eigenvalue weighted by atomic mass is 10.2. The van der Waals surface area contributed by atoms with Crippen LogP contribution in [0, 0.1) is 0 Å². The predicted octanol–water partition coefficient (Wildman–Crippen LogP) is 2.20. The number of hydrogen-bond acceptors (Lipinski definition) is 5. The van der Waals surface area contributed by atoms with E-state index in [0.29, 0.717) is 34.9 Å². The van der Waals surface area contributed by atoms with Crippen LogP contribution in [0.15, 0.2) is 51.7 Å². The van der Waals surface area contributed by atoms with Crippen molar-refractivity contribution in [2.24, 2.45) is 0 Å². The Balaban J connectivity index is 1.26. The minimum absolute atomic E-state index is 0.000830. The Labute approximate surface area is 170 Å². The summed E-state index contributed by atoms with van der Waals surface area (Å²) in [5.41, 5.74) is 2.31. The van der Waals surface area contributed by atoms with Crippen LogP contribution < -0.4 is 16.0 Å². The first-order valence-corrected chi connectivity index (χ1v) is 9.63. The summed E-state index contributed by atoms with van der Waals surface area (Å²) >= 11 is 5.96. The highest BCUT2D eigenvalue weighted by Crippen LogP contribution is 2.35. The molecule has 0 radical (unpaired) electrons. The third-order valence-electron chi connectivity index (χ3n) is 5.53. The number of aromatic amines is 1. The van der Waals surface area contributed by atoms with Crippen molar-refractivity contribution in [1.82, 2.24) is 9.88 Å². The molecule has 8 nitrogen and oxygen atoms in total. The summed E-state index contributed by atoms with van der Waals surface area (Å²) < 4.78 is 4.98. The number of piperazine rings is 1. The van der Waals surface area contributed by atoms with E-state index in [1.807, 2.05) is 24.3 Å². The average Bonchev–Trinajstić information content (AvgIpc) is 3.40. The molecule has 0 aliphatic carbocycles. The lowest BCUT2D eigenvalue weighted by Crippen LogP contribution is -2.51. The summed E-state index contributed by atoms with van der Waals surface area (Å²) in [6.07, 6.45) is 0.835. The van der Waals surface area contributed by atoms with Gasteiger partial charge in [-0.05, 0) is 42.8 Å². The van der Waals surface area contributed by atoms with E-state index in [4.69, 9.17) is 16.0 Å². The van der Waals surface area contributed by atoms with E-state index in [1.54, 1.807) is 17.0 Å². The minimum Gasteiger partial charge on any atom is -0.408 e. The number of likely N-dealkylation sites (tertiary alicyclic amines) is 1. The Morgan fingerprint density at radius 2 is 1.90 bits per heavy atom. The van der Waals surface area contributed by atoms with Gasteiger partial charge in [0.1, 0.15) is 0 Å². The maximum Gasteiger partial charge on any atom is 0.417 e. The molecular weight excluding hydrogens is 396 g/mol. The Morgan fingerprint density at radius 3 is 2.62 bits per heavy atom. The number of nitrogens with zero attached hydrogens (tertiary/aromatic N) is 2. The SMILES string of the molecule is O=C(Nc1ccc2[nH]c(=O)oc2c1)C(=O)N1C[C@@H]2C[C@H]1CN2c1ccc(Cl)cc1. The summed E-state index contributed by atoms with van der Waals surface area (Å²) in [6, 6.07) is 12.6. The van der Waals surface area contributed by atoms with Crippen molar-refractivity contribution in [3.63, 3.8) is 0 Å². The van der Waals surface area contributed by atoms with Crippen molar-refractivity contribution < 1.29 is 14.0 Å². The maximum atomic E-state index is 12.7. The summed E-state index contributed by atoms with van der Waals surface area (Å²) in [4.78, 5) is 42.8. The van der Waals surface area contributed by atoms with Gasteiger partial charge < -0.3 is 19.5 Å². The van der Waals surface area contributed by atoms with Crippen molar-refractivity contribution in [2.45, 2.75) is 18.5 Å². The zero-order chi connectivity index (χ0) is 20.1. The van der Waals surface area contributed by atoms with Crippen molar-refractivity contribution in [3.05, 3.63) is 58.0 Å². The molecule has 2 aromatic carbocycles. The van der Waals surface area contributed by atoms with Crippen LogP contribution in [0.1, 0.15) is 6.42 Å². The number of benzene rings is 2. The molecule has 0 unspecified atom stereocenters. The topological polar surface area (TPSA) is 98.6 Å². The van der Waals surface area contributed by atoms with Gasteiger partial charge in [0.25, 0.3) is 0 Å². The van der Waals surface area contributed by atoms with Gasteiger partial charge in [0.05, 0.1) is 11.6 Å². The van der Waals surface area contributed by atoms with E-state index < -0.39 is 17.6 Å². The molecule has 5 rings (SSSR count). The second-order valence-corrected chi connectivity index (χ2v) is 7.75. The van der Waals surface area contributed by atoms with E-state index in [-0.39, 0.29) is 12.1 Å². The second-order valence-electron chi connectivity index (χ2n) is 7.31. The van der Waals surface area contributed by atoms with Crippen LogP contribution in [0.5, 0.6) is 0 Å². The molecule has 3 heterocycles. The molecule has 2 saturated heterocycles. The van der Waals surface area contributed by atoms with E-state index in [9.17, 15) is 14.4 Å². The molecule has 2 bridgehead atoms. The van der Waals surface area contributed by atoms with E-state index in [1.165, 1.54) is 6.07 Å². The highest BCUT2D eigenvalue weighted by Gasteiger charge is 2.46. The second kappa shape index (κ2) is 6.66. The minimum atomic E-state index is -0.701. The number of oxazole rings is 1. The highest BCUT2D eigenvalue weighted by molar-refractivity contribution is 6.39. The van der Waals surface area contributed by atoms with Crippen molar-refractivity contribution in [1.29, 1.82) is 0 Å². The smallest absolute Gasteiger partial charge is 0.408 e. The van der Waals surface area contributed by atoms with Gasteiger partial charge in [-0.25, -0.2) is 4.79 Å². The lowest BCUT2D eigenvalue weighted by molar-refractivity contribution is -0.143. The molecule has 2 fully saturated rings. The first-order valence-electron chi connectivity index (χ1n) is 9.25. The molecule has 9 heteroatoms. The number of carbonyl (C=O) groups excluding carboxylic acids is 2. The molecule has 148 valence electrons. The number of fused-ring (bicyclic) bond motifs is 3. The summed E-state index contributed by atoms with van der Waals surface area (Å²) in [6.45, 7) is 1.19. The third-order valence-corrected chi connectivity index (χ3v) is 5.78. The predicted molar refractivity (Wildman–Crippen MR) is 108 cm³/mol. The molecule has 0 spiro atoms. The van der Waals surface area contributed by atoms with Crippen LogP contribution in [-0.2, 0) is 9.59 Å². The Kier molecular flexibility index (Phi) is 4.09. The van der Waals surface area contributed by atoms with Crippen molar-refractivity contribution in [3.8, 4) is 0 Å². The normalized spacial score (nSPS) is 20.4. The zero-order valence-electron chi connectivity index (χ0n) is 15.2. The molecule has 29 heavy (non-hydrogen) atoms. The van der Waals surface area contributed by atoms with Gasteiger partial charge in [0.2, 0.25) is 0 Å². The average molecular weight is 413 g/mol. The molecule has 1 aromatic heterocycles. The van der Waals surface area contributed by atoms with Crippen LogP contribution in [0.25, 0.3) is 11.1 Å². The van der Waals surface area contributed by atoms with Crippen LogP contribution >= 0.6 is 11.6 Å². The third kappa shape index (κ3) is 3.15. The van der Waals surface area contributed by atoms with Gasteiger partial charge in [-0.15, -0.1) is 0 Å². The molecule has 2 aliphatic heterocycles. The van der Waals surface area contributed by atoms with Crippen molar-refractivity contribution >= 4 is 45.9 Å². The molecule has 2 N–H and O–H groups in total. The number of aromatic nitrogens is 1. The largest absolute Gasteiger partial charge is 0.417 e. The maximum absolute atomic E-state index is 12.7. The number of H-pyrrole nitrogens is 1. The monoisotopic (exact) mass is 412 g/mol. The van der Waals surface area contributed by atoms with Crippen LogP contribution in [0.2, 0.25) is 5.02 Å². The quantitative estimate of drug-likeness (QED) is 0.629. The van der Waals surface area contributed by atoms with Gasteiger partial charge in [0, 0.05) is 41.6 Å². The number of anilines is 2. The number of amides is 2. The first-order chi connectivity index (χ1) is 14.0. The fourth-order valence-electron chi connectivity index (χ4n) is 4.20. The number of hydrogen-bond donors (Lipinski definition) is 2. The summed E-state index contributed by atoms with van der Waals surface area (Å²) in [5.74, 6) is -1.82.